The summed E-state index contributed by atoms with van der Waals surface area (Å²) in [7, 11) is 1.45. The predicted molar refractivity (Wildman–Crippen MR) is 42.2 cm³/mol. The molecule has 0 bridgehead atoms. The Balaban J connectivity index is 2.13. The van der Waals surface area contributed by atoms with E-state index >= 15 is 0 Å². The number of likely N-dealkylation sites (tertiary alicyclic amines) is 1. The lowest BCUT2D eigenvalue weighted by atomic mass is 10.0. The molecular weight excluding hydrogens is 142 g/mol. The molecule has 1 aliphatic rings. The van der Waals surface area contributed by atoms with Gasteiger partial charge < -0.3 is 9.64 Å². The third-order valence-electron chi connectivity index (χ3n) is 2.03. The molecule has 1 saturated heterocycles. The van der Waals surface area contributed by atoms with Gasteiger partial charge in [-0.05, 0) is 13.0 Å². The summed E-state index contributed by atoms with van der Waals surface area (Å²) in [5.74, 6) is 0.0869. The molecule has 64 valence electrons. The summed E-state index contributed by atoms with van der Waals surface area (Å²) < 4.78 is 4.61. The zero-order valence-corrected chi connectivity index (χ0v) is 7.17. The third-order valence-corrected chi connectivity index (χ3v) is 2.03. The number of rotatable bonds is 3. The van der Waals surface area contributed by atoms with Crippen LogP contribution in [0.1, 0.15) is 13.3 Å². The number of hydrogen-bond donors (Lipinski definition) is 0. The second-order valence-corrected chi connectivity index (χ2v) is 2.98. The van der Waals surface area contributed by atoms with E-state index in [1.165, 1.54) is 7.11 Å². The van der Waals surface area contributed by atoms with E-state index in [4.69, 9.17) is 0 Å². The van der Waals surface area contributed by atoms with Gasteiger partial charge in [0.2, 0.25) is 0 Å². The number of carbonyl (C=O) groups is 1. The van der Waals surface area contributed by atoms with E-state index in [0.717, 1.165) is 26.1 Å². The molecule has 0 aromatic carbocycles. The first-order chi connectivity index (χ1) is 5.27. The molecule has 3 heteroatoms. The summed E-state index contributed by atoms with van der Waals surface area (Å²) >= 11 is 0. The van der Waals surface area contributed by atoms with Crippen LogP contribution in [0.4, 0.5) is 0 Å². The summed E-state index contributed by atoms with van der Waals surface area (Å²) in [5, 5.41) is 0. The number of carbonyl (C=O) groups excluding carboxylic acids is 1. The Morgan fingerprint density at radius 3 is 2.73 bits per heavy atom. The minimum absolute atomic E-state index is 0.0580. The van der Waals surface area contributed by atoms with Crippen molar-refractivity contribution < 1.29 is 9.53 Å². The van der Waals surface area contributed by atoms with Crippen LogP contribution in [0.25, 0.3) is 0 Å². The average Bonchev–Trinajstić information content (AvgIpc) is 1.94. The van der Waals surface area contributed by atoms with Gasteiger partial charge in [0.1, 0.15) is 0 Å². The monoisotopic (exact) mass is 157 g/mol. The van der Waals surface area contributed by atoms with Crippen molar-refractivity contribution in [2.45, 2.75) is 13.3 Å². The highest BCUT2D eigenvalue weighted by molar-refractivity contribution is 5.73. The quantitative estimate of drug-likeness (QED) is 0.559. The van der Waals surface area contributed by atoms with Gasteiger partial charge in [-0.1, -0.05) is 6.92 Å². The van der Waals surface area contributed by atoms with E-state index in [-0.39, 0.29) is 11.9 Å². The molecule has 3 nitrogen and oxygen atoms in total. The summed E-state index contributed by atoms with van der Waals surface area (Å²) in [6.07, 6.45) is 1.16. The lowest BCUT2D eigenvalue weighted by molar-refractivity contribution is -0.151. The van der Waals surface area contributed by atoms with E-state index < -0.39 is 0 Å². The van der Waals surface area contributed by atoms with Gasteiger partial charge in [-0.3, -0.25) is 4.79 Å². The number of ether oxygens (including phenoxy) is 1. The Hall–Kier alpha value is -0.570. The van der Waals surface area contributed by atoms with Crippen LogP contribution in [0.5, 0.6) is 0 Å². The van der Waals surface area contributed by atoms with Crippen molar-refractivity contribution in [3.8, 4) is 0 Å². The molecule has 0 N–H and O–H groups in total. The van der Waals surface area contributed by atoms with Gasteiger partial charge in [0.15, 0.2) is 0 Å². The van der Waals surface area contributed by atoms with Crippen LogP contribution in [0.3, 0.4) is 0 Å². The first-order valence-corrected chi connectivity index (χ1v) is 4.08. The summed E-state index contributed by atoms with van der Waals surface area (Å²) in [5.41, 5.74) is 0. The smallest absolute Gasteiger partial charge is 0.311 e. The Morgan fingerprint density at radius 1 is 1.64 bits per heavy atom. The Morgan fingerprint density at radius 2 is 2.27 bits per heavy atom. The minimum atomic E-state index is -0.0580. The van der Waals surface area contributed by atoms with Crippen molar-refractivity contribution in [1.82, 2.24) is 4.90 Å². The Kier molecular flexibility index (Phi) is 2.88. The molecule has 0 unspecified atom stereocenters. The van der Waals surface area contributed by atoms with Crippen molar-refractivity contribution in [2.75, 3.05) is 26.7 Å². The van der Waals surface area contributed by atoms with Crippen molar-refractivity contribution in [3.63, 3.8) is 0 Å². The maximum atomic E-state index is 10.9. The van der Waals surface area contributed by atoms with Crippen molar-refractivity contribution in [1.29, 1.82) is 0 Å². The summed E-state index contributed by atoms with van der Waals surface area (Å²) in [4.78, 5) is 13.2. The van der Waals surface area contributed by atoms with E-state index in [9.17, 15) is 4.79 Å². The van der Waals surface area contributed by atoms with E-state index in [0.29, 0.717) is 0 Å². The van der Waals surface area contributed by atoms with Gasteiger partial charge in [0.25, 0.3) is 0 Å². The fraction of sp³-hybridized carbons (Fsp3) is 0.875. The highest BCUT2D eigenvalue weighted by atomic mass is 16.5. The normalized spacial score (nSPS) is 19.5. The van der Waals surface area contributed by atoms with Gasteiger partial charge in [0, 0.05) is 13.1 Å². The van der Waals surface area contributed by atoms with Gasteiger partial charge in [-0.25, -0.2) is 0 Å². The molecule has 0 aromatic rings. The lowest BCUT2D eigenvalue weighted by Gasteiger charge is -2.36. The molecule has 0 saturated carbocycles. The maximum absolute atomic E-state index is 10.9. The zero-order valence-electron chi connectivity index (χ0n) is 7.17. The molecule has 11 heavy (non-hydrogen) atoms. The average molecular weight is 157 g/mol. The summed E-state index contributed by atoms with van der Waals surface area (Å²) in [6.45, 7) is 5.03. The van der Waals surface area contributed by atoms with Gasteiger partial charge in [-0.15, -0.1) is 0 Å². The Labute approximate surface area is 67.3 Å². The fourth-order valence-electron chi connectivity index (χ4n) is 1.38. The largest absolute Gasteiger partial charge is 0.469 e. The second-order valence-electron chi connectivity index (χ2n) is 2.98. The molecule has 1 fully saturated rings. The van der Waals surface area contributed by atoms with Gasteiger partial charge in [0.05, 0.1) is 13.0 Å². The first-order valence-electron chi connectivity index (χ1n) is 4.08. The highest BCUT2D eigenvalue weighted by Gasteiger charge is 2.32. The molecule has 1 heterocycles. The molecule has 0 spiro atoms. The van der Waals surface area contributed by atoms with Crippen LogP contribution < -0.4 is 0 Å². The summed E-state index contributed by atoms with van der Waals surface area (Å²) in [6, 6.07) is 0. The minimum Gasteiger partial charge on any atom is -0.469 e. The standard InChI is InChI=1S/C8H15NO2/c1-3-4-9-5-7(6-9)8(10)11-2/h7H,3-6H2,1-2H3. The molecular formula is C8H15NO2. The molecule has 0 atom stereocenters. The van der Waals surface area contributed by atoms with Crippen molar-refractivity contribution >= 4 is 5.97 Å². The maximum Gasteiger partial charge on any atom is 0.311 e. The topological polar surface area (TPSA) is 29.5 Å². The molecule has 1 aliphatic heterocycles. The number of nitrogens with zero attached hydrogens (tertiary/aromatic N) is 1. The van der Waals surface area contributed by atoms with Crippen LogP contribution in [0.2, 0.25) is 0 Å². The van der Waals surface area contributed by atoms with E-state index in [2.05, 4.69) is 16.6 Å². The predicted octanol–water partition coefficient (Wildman–Crippen LogP) is 0.501. The van der Waals surface area contributed by atoms with E-state index in [1.54, 1.807) is 0 Å². The molecule has 0 amide bonds. The van der Waals surface area contributed by atoms with Crippen LogP contribution in [0.15, 0.2) is 0 Å². The number of methoxy groups -OCH3 is 1. The molecule has 0 aliphatic carbocycles. The third kappa shape index (κ3) is 1.93. The van der Waals surface area contributed by atoms with Crippen molar-refractivity contribution in [2.24, 2.45) is 5.92 Å². The van der Waals surface area contributed by atoms with Gasteiger partial charge >= 0.3 is 5.97 Å². The number of hydrogen-bond acceptors (Lipinski definition) is 3. The number of esters is 1. The van der Waals surface area contributed by atoms with Crippen LogP contribution in [-0.4, -0.2) is 37.6 Å². The van der Waals surface area contributed by atoms with Crippen LogP contribution >= 0.6 is 0 Å². The molecule has 0 aromatic heterocycles. The van der Waals surface area contributed by atoms with Gasteiger partial charge in [-0.2, -0.15) is 0 Å². The molecule has 1 rings (SSSR count). The fourth-order valence-corrected chi connectivity index (χ4v) is 1.38. The van der Waals surface area contributed by atoms with Crippen LogP contribution in [-0.2, 0) is 9.53 Å². The van der Waals surface area contributed by atoms with E-state index in [1.807, 2.05) is 0 Å². The second kappa shape index (κ2) is 3.72. The SMILES string of the molecule is CCCN1CC(C(=O)OC)C1. The first kappa shape index (κ1) is 8.53. The molecule has 0 radical (unpaired) electrons. The highest BCUT2D eigenvalue weighted by Crippen LogP contribution is 2.16. The zero-order chi connectivity index (χ0) is 8.27. The Bertz CT molecular complexity index is 141. The lowest BCUT2D eigenvalue weighted by Crippen LogP contribution is -2.50. The van der Waals surface area contributed by atoms with Crippen LogP contribution in [0, 0.1) is 5.92 Å². The van der Waals surface area contributed by atoms with Crippen molar-refractivity contribution in [3.05, 3.63) is 0 Å².